The molecule has 0 aliphatic heterocycles. The molecule has 0 heterocycles. The third-order valence-corrected chi connectivity index (χ3v) is 1.59. The van der Waals surface area contributed by atoms with E-state index in [-0.39, 0.29) is 23.3 Å². The molecule has 4 atom stereocenters. The third kappa shape index (κ3) is 14.5. The van der Waals surface area contributed by atoms with Crippen LogP contribution in [-0.4, -0.2) is 89.9 Å². The van der Waals surface area contributed by atoms with E-state index in [1.54, 1.807) is 0 Å². The average Bonchev–Trinajstić information content (AvgIpc) is 2.35. The molecule has 0 fully saturated rings. The lowest BCUT2D eigenvalue weighted by Gasteiger charge is -2.18. The molecule has 18 N–H and O–H groups in total. The number of carboxylic acids is 4. The Kier molecular flexibility index (Phi) is 26.5. The minimum Gasteiger partial charge on any atom is -0.547 e. The van der Waals surface area contributed by atoms with Crippen molar-refractivity contribution in [1.82, 2.24) is 12.3 Å². The molecular formula is C8H22N2O14. The van der Waals surface area contributed by atoms with Gasteiger partial charge in [0.05, 0.1) is 11.9 Å². The average molecular weight is 370 g/mol. The molecule has 0 saturated heterocycles. The van der Waals surface area contributed by atoms with Gasteiger partial charge >= 0.3 is 11.9 Å². The van der Waals surface area contributed by atoms with Crippen LogP contribution in [0, 0.1) is 0 Å². The number of hydrogen-bond acceptors (Lipinski definition) is 10. The minimum absolute atomic E-state index is 0. The SMILES string of the molecule is O.O.O=C(O)C(O)C(O)C(=O)O.O=C([O-])C(O)C(O)C(=O)[O-].[NH4+].[NH4+]. The van der Waals surface area contributed by atoms with Gasteiger partial charge in [-0.05, 0) is 0 Å². The molecule has 0 aromatic rings. The molecule has 0 aliphatic carbocycles. The summed E-state index contributed by atoms with van der Waals surface area (Å²) in [6, 6.07) is 0. The van der Waals surface area contributed by atoms with Crippen LogP contribution in [0.4, 0.5) is 0 Å². The van der Waals surface area contributed by atoms with Gasteiger partial charge in [-0.3, -0.25) is 0 Å². The monoisotopic (exact) mass is 370 g/mol. The molecule has 0 rings (SSSR count). The van der Waals surface area contributed by atoms with Crippen molar-refractivity contribution < 1.29 is 71.0 Å². The first-order valence-corrected chi connectivity index (χ1v) is 4.53. The van der Waals surface area contributed by atoms with Gasteiger partial charge in [-0.2, -0.15) is 0 Å². The first-order valence-electron chi connectivity index (χ1n) is 4.53. The van der Waals surface area contributed by atoms with Gasteiger partial charge in [-0.15, -0.1) is 0 Å². The second-order valence-electron chi connectivity index (χ2n) is 3.09. The van der Waals surface area contributed by atoms with E-state index in [2.05, 4.69) is 0 Å². The molecule has 0 radical (unpaired) electrons. The van der Waals surface area contributed by atoms with Gasteiger partial charge in [0.15, 0.2) is 12.2 Å². The summed E-state index contributed by atoms with van der Waals surface area (Å²) in [6.07, 6.45) is -9.41. The molecule has 0 spiro atoms. The van der Waals surface area contributed by atoms with Crippen LogP contribution in [0.1, 0.15) is 0 Å². The molecule has 16 heteroatoms. The van der Waals surface area contributed by atoms with Crippen molar-refractivity contribution in [3.8, 4) is 0 Å². The highest BCUT2D eigenvalue weighted by molar-refractivity contribution is 5.83. The van der Waals surface area contributed by atoms with Gasteiger partial charge in [0, 0.05) is 0 Å². The molecule has 0 bridgehead atoms. The summed E-state index contributed by atoms with van der Waals surface area (Å²) in [5, 5.41) is 68.3. The van der Waals surface area contributed by atoms with Gasteiger partial charge in [-0.1, -0.05) is 0 Å². The number of carbonyl (C=O) groups is 4. The van der Waals surface area contributed by atoms with E-state index in [1.165, 1.54) is 0 Å². The van der Waals surface area contributed by atoms with E-state index >= 15 is 0 Å². The maximum Gasteiger partial charge on any atom is 0.335 e. The van der Waals surface area contributed by atoms with E-state index in [4.69, 9.17) is 30.6 Å². The zero-order chi connectivity index (χ0) is 16.6. The normalized spacial score (nSPS) is 13.2. The summed E-state index contributed by atoms with van der Waals surface area (Å²) in [5.41, 5.74) is 0. The lowest BCUT2D eigenvalue weighted by atomic mass is 10.2. The van der Waals surface area contributed by atoms with Gasteiger partial charge in [0.25, 0.3) is 0 Å². The number of quaternary nitrogens is 2. The summed E-state index contributed by atoms with van der Waals surface area (Å²) in [5.74, 6) is -7.65. The zero-order valence-electron chi connectivity index (χ0n) is 12.4. The smallest absolute Gasteiger partial charge is 0.335 e. The first kappa shape index (κ1) is 37.6. The zero-order valence-corrected chi connectivity index (χ0v) is 12.4. The largest absolute Gasteiger partial charge is 0.547 e. The maximum atomic E-state index is 9.77. The van der Waals surface area contributed by atoms with E-state index < -0.39 is 48.3 Å². The van der Waals surface area contributed by atoms with Crippen molar-refractivity contribution in [2.75, 3.05) is 0 Å². The Morgan fingerprint density at radius 1 is 0.583 bits per heavy atom. The Labute approximate surface area is 133 Å². The van der Waals surface area contributed by atoms with Crippen LogP contribution in [0.25, 0.3) is 0 Å². The number of carbonyl (C=O) groups excluding carboxylic acids is 2. The molecule has 0 aromatic carbocycles. The van der Waals surface area contributed by atoms with Crippen LogP contribution in [0.5, 0.6) is 0 Å². The highest BCUT2D eigenvalue weighted by Crippen LogP contribution is 1.92. The fourth-order valence-corrected chi connectivity index (χ4v) is 0.528. The van der Waals surface area contributed by atoms with Crippen molar-refractivity contribution in [2.24, 2.45) is 0 Å². The van der Waals surface area contributed by atoms with Gasteiger partial charge in [0.1, 0.15) is 12.2 Å². The van der Waals surface area contributed by atoms with E-state index in [1.807, 2.05) is 0 Å². The summed E-state index contributed by atoms with van der Waals surface area (Å²) >= 11 is 0. The van der Waals surface area contributed by atoms with Crippen LogP contribution >= 0.6 is 0 Å². The molecular weight excluding hydrogens is 348 g/mol. The summed E-state index contributed by atoms with van der Waals surface area (Å²) in [6.45, 7) is 0. The number of carboxylic acid groups (broad SMARTS) is 4. The van der Waals surface area contributed by atoms with E-state index in [9.17, 15) is 29.4 Å². The van der Waals surface area contributed by atoms with Gasteiger partial charge in [0.2, 0.25) is 0 Å². The standard InChI is InChI=1S/2C4H6O6.2H3N.2H2O/c2*5-1(3(7)8)2(6)4(9)10;;;;/h2*1-2,5-6H,(H,7,8)(H,9,10);2*1H3;2*1H2. The Morgan fingerprint density at radius 3 is 0.833 bits per heavy atom. The molecule has 0 aromatic heterocycles. The van der Waals surface area contributed by atoms with Crippen LogP contribution in [-0.2, 0) is 19.2 Å². The second-order valence-corrected chi connectivity index (χ2v) is 3.09. The lowest BCUT2D eigenvalue weighted by molar-refractivity contribution is -0.333. The van der Waals surface area contributed by atoms with Crippen molar-refractivity contribution in [2.45, 2.75) is 24.4 Å². The van der Waals surface area contributed by atoms with Crippen LogP contribution in [0.3, 0.4) is 0 Å². The van der Waals surface area contributed by atoms with E-state index in [0.717, 1.165) is 0 Å². The molecule has 16 nitrogen and oxygen atoms in total. The Hall–Kier alpha value is -2.44. The molecule has 0 saturated carbocycles. The lowest BCUT2D eigenvalue weighted by Crippen LogP contribution is -2.51. The number of aliphatic hydroxyl groups excluding tert-OH is 4. The quantitative estimate of drug-likeness (QED) is 0.216. The van der Waals surface area contributed by atoms with Crippen molar-refractivity contribution >= 4 is 23.9 Å². The van der Waals surface area contributed by atoms with Gasteiger partial charge in [-0.25, -0.2) is 9.59 Å². The van der Waals surface area contributed by atoms with Crippen molar-refractivity contribution in [3.05, 3.63) is 0 Å². The summed E-state index contributed by atoms with van der Waals surface area (Å²) in [4.78, 5) is 38.8. The van der Waals surface area contributed by atoms with Gasteiger partial charge < -0.3 is 73.7 Å². The number of rotatable bonds is 6. The molecule has 4 unspecified atom stereocenters. The fourth-order valence-electron chi connectivity index (χ4n) is 0.528. The van der Waals surface area contributed by atoms with Crippen molar-refractivity contribution in [1.29, 1.82) is 0 Å². The molecule has 148 valence electrons. The highest BCUT2D eigenvalue weighted by Gasteiger charge is 2.29. The van der Waals surface area contributed by atoms with Crippen LogP contribution in [0.15, 0.2) is 0 Å². The predicted molar refractivity (Wildman–Crippen MR) is 68.5 cm³/mol. The number of aliphatic hydroxyl groups is 4. The van der Waals surface area contributed by atoms with Crippen LogP contribution in [0.2, 0.25) is 0 Å². The maximum absolute atomic E-state index is 9.77. The Bertz CT molecular complexity index is 315. The fraction of sp³-hybridized carbons (Fsp3) is 0.500. The predicted octanol–water partition coefficient (Wildman–Crippen LogP) is -7.81. The first-order chi connectivity index (χ1) is 8.93. The second kappa shape index (κ2) is 16.9. The third-order valence-electron chi connectivity index (χ3n) is 1.59. The molecule has 24 heavy (non-hydrogen) atoms. The highest BCUT2D eigenvalue weighted by atomic mass is 16.4. The summed E-state index contributed by atoms with van der Waals surface area (Å²) < 4.78 is 0. The Morgan fingerprint density at radius 2 is 0.750 bits per heavy atom. The van der Waals surface area contributed by atoms with E-state index in [0.29, 0.717) is 0 Å². The molecule has 0 aliphatic rings. The number of hydrogen-bond donors (Lipinski definition) is 8. The summed E-state index contributed by atoms with van der Waals surface area (Å²) in [7, 11) is 0. The molecule has 0 amide bonds. The number of aliphatic carboxylic acids is 4. The minimum atomic E-state index is -2.44. The van der Waals surface area contributed by atoms with Crippen molar-refractivity contribution in [3.63, 3.8) is 0 Å². The topological polar surface area (TPSA) is 372 Å². The Balaban J connectivity index is -0.0000000579. The van der Waals surface area contributed by atoms with Crippen LogP contribution < -0.4 is 22.5 Å².